The number of carbonyl (C=O) groups excluding carboxylic acids is 2. The van der Waals surface area contributed by atoms with Gasteiger partial charge in [0.15, 0.2) is 0 Å². The summed E-state index contributed by atoms with van der Waals surface area (Å²) in [6, 6.07) is 9.07. The van der Waals surface area contributed by atoms with Crippen molar-refractivity contribution in [2.24, 2.45) is 5.92 Å². The first-order valence-electron chi connectivity index (χ1n) is 10.5. The Morgan fingerprint density at radius 1 is 1.19 bits per heavy atom. The van der Waals surface area contributed by atoms with E-state index in [0.717, 1.165) is 25.9 Å². The third-order valence-electron chi connectivity index (χ3n) is 5.67. The first-order chi connectivity index (χ1) is 14.5. The van der Waals surface area contributed by atoms with Crippen LogP contribution < -0.4 is 15.0 Å². The summed E-state index contributed by atoms with van der Waals surface area (Å²) >= 11 is 0. The smallest absolute Gasteiger partial charge is 0.258 e. The van der Waals surface area contributed by atoms with Crippen molar-refractivity contribution < 1.29 is 18.7 Å². The fourth-order valence-corrected chi connectivity index (χ4v) is 3.71. The molecule has 1 fully saturated rings. The highest BCUT2D eigenvalue weighted by Crippen LogP contribution is 2.20. The van der Waals surface area contributed by atoms with Crippen LogP contribution in [0.4, 0.5) is 5.69 Å². The number of hydrogen-bond acceptors (Lipinski definition) is 5. The number of halogens is 1. The third-order valence-corrected chi connectivity index (χ3v) is 5.67. The Bertz CT molecular complexity index is 816. The zero-order valence-electron chi connectivity index (χ0n) is 18.4. The number of methoxy groups -OCH3 is 1. The van der Waals surface area contributed by atoms with Gasteiger partial charge in [0.1, 0.15) is 18.6 Å². The largest absolute Gasteiger partial charge is 0.497 e. The normalized spacial score (nSPS) is 14.7. The number of nitrogens with one attached hydrogen (secondary N) is 1. The minimum atomic E-state index is -0.264. The molecule has 2 aromatic rings. The molecule has 1 aromatic carbocycles. The van der Waals surface area contributed by atoms with E-state index < -0.39 is 0 Å². The van der Waals surface area contributed by atoms with Crippen LogP contribution >= 0.6 is 12.4 Å². The fraction of sp³-hybridized carbons (Fsp3) is 0.478. The van der Waals surface area contributed by atoms with E-state index in [4.69, 9.17) is 9.15 Å². The Morgan fingerprint density at radius 3 is 2.42 bits per heavy atom. The molecule has 0 aliphatic carbocycles. The number of benzene rings is 1. The highest BCUT2D eigenvalue weighted by atomic mass is 35.5. The molecule has 1 aliphatic heterocycles. The highest BCUT2D eigenvalue weighted by Gasteiger charge is 2.24. The third kappa shape index (κ3) is 6.74. The molecule has 1 N–H and O–H groups in total. The van der Waals surface area contributed by atoms with Gasteiger partial charge in [0.05, 0.1) is 19.1 Å². The van der Waals surface area contributed by atoms with Crippen LogP contribution in [0.3, 0.4) is 0 Å². The van der Waals surface area contributed by atoms with Gasteiger partial charge in [-0.1, -0.05) is 0 Å². The average molecular weight is 450 g/mol. The van der Waals surface area contributed by atoms with E-state index in [9.17, 15) is 9.59 Å². The standard InChI is InChI=1S/C23H31N3O4.ClH/c1-17(2)25-11-8-18(9-12-25)14-24-22(27)15-26(20-10-13-30-16-20)23(28)19-4-6-21(29-3)7-5-19;/h4-7,10,13,16-18H,8-9,11-12,14-15H2,1-3H3,(H,24,27);1H. The molecule has 31 heavy (non-hydrogen) atoms. The number of likely N-dealkylation sites (tertiary alicyclic amines) is 1. The van der Waals surface area contributed by atoms with Crippen LogP contribution in [0.15, 0.2) is 47.3 Å². The molecule has 1 saturated heterocycles. The van der Waals surface area contributed by atoms with Crippen molar-refractivity contribution in [1.82, 2.24) is 10.2 Å². The maximum absolute atomic E-state index is 13.0. The van der Waals surface area contributed by atoms with Crippen molar-refractivity contribution in [2.45, 2.75) is 32.7 Å². The van der Waals surface area contributed by atoms with Crippen molar-refractivity contribution in [1.29, 1.82) is 0 Å². The van der Waals surface area contributed by atoms with Gasteiger partial charge in [0, 0.05) is 24.2 Å². The van der Waals surface area contributed by atoms with E-state index in [2.05, 4.69) is 24.1 Å². The van der Waals surface area contributed by atoms with Crippen molar-refractivity contribution in [2.75, 3.05) is 38.2 Å². The first-order valence-corrected chi connectivity index (χ1v) is 10.5. The number of carbonyl (C=O) groups is 2. The minimum Gasteiger partial charge on any atom is -0.497 e. The lowest BCUT2D eigenvalue weighted by Crippen LogP contribution is -2.44. The van der Waals surface area contributed by atoms with E-state index in [0.29, 0.717) is 35.5 Å². The van der Waals surface area contributed by atoms with Gasteiger partial charge >= 0.3 is 0 Å². The Balaban J connectivity index is 0.00000341. The number of rotatable bonds is 8. The summed E-state index contributed by atoms with van der Waals surface area (Å²) in [5.41, 5.74) is 1.03. The summed E-state index contributed by atoms with van der Waals surface area (Å²) < 4.78 is 10.3. The number of piperidine rings is 1. The number of anilines is 1. The molecule has 0 saturated carbocycles. The molecule has 2 heterocycles. The maximum atomic E-state index is 13.0. The Hall–Kier alpha value is -2.51. The molecule has 3 rings (SSSR count). The molecule has 170 valence electrons. The topological polar surface area (TPSA) is 75.0 Å². The number of ether oxygens (including phenoxy) is 1. The summed E-state index contributed by atoms with van der Waals surface area (Å²) in [7, 11) is 1.58. The molecule has 1 aliphatic rings. The second-order valence-electron chi connectivity index (χ2n) is 7.98. The molecule has 0 unspecified atom stereocenters. The second-order valence-corrected chi connectivity index (χ2v) is 7.98. The van der Waals surface area contributed by atoms with Crippen LogP contribution in [0.5, 0.6) is 5.75 Å². The molecule has 0 bridgehead atoms. The molecule has 7 nitrogen and oxygen atoms in total. The Labute approximate surface area is 190 Å². The zero-order valence-corrected chi connectivity index (χ0v) is 19.2. The molecular formula is C23H32ClN3O4. The van der Waals surface area contributed by atoms with Gasteiger partial charge in [-0.05, 0) is 70.0 Å². The van der Waals surface area contributed by atoms with Gasteiger partial charge in [-0.25, -0.2) is 0 Å². The lowest BCUT2D eigenvalue weighted by Gasteiger charge is -2.34. The van der Waals surface area contributed by atoms with Crippen molar-refractivity contribution in [3.05, 3.63) is 48.4 Å². The zero-order chi connectivity index (χ0) is 21.5. The molecule has 0 atom stereocenters. The van der Waals surface area contributed by atoms with Crippen molar-refractivity contribution >= 4 is 29.9 Å². The van der Waals surface area contributed by atoms with Gasteiger partial charge in [0.2, 0.25) is 5.91 Å². The van der Waals surface area contributed by atoms with Crippen molar-refractivity contribution in [3.63, 3.8) is 0 Å². The van der Waals surface area contributed by atoms with E-state index in [1.807, 2.05) is 0 Å². The van der Waals surface area contributed by atoms with E-state index >= 15 is 0 Å². The van der Waals surface area contributed by atoms with E-state index in [1.165, 1.54) is 17.4 Å². The average Bonchev–Trinajstić information content (AvgIpc) is 3.30. The van der Waals surface area contributed by atoms with Gasteiger partial charge in [-0.3, -0.25) is 14.5 Å². The van der Waals surface area contributed by atoms with Crippen LogP contribution in [0.2, 0.25) is 0 Å². The summed E-state index contributed by atoms with van der Waals surface area (Å²) in [5.74, 6) is 0.704. The van der Waals surface area contributed by atoms with Crippen LogP contribution in [0.25, 0.3) is 0 Å². The summed E-state index contributed by atoms with van der Waals surface area (Å²) in [6.45, 7) is 7.14. The summed E-state index contributed by atoms with van der Waals surface area (Å²) in [6.07, 6.45) is 5.11. The summed E-state index contributed by atoms with van der Waals surface area (Å²) in [4.78, 5) is 29.6. The Morgan fingerprint density at radius 2 is 1.87 bits per heavy atom. The van der Waals surface area contributed by atoms with Gasteiger partial charge in [-0.15, -0.1) is 12.4 Å². The van der Waals surface area contributed by atoms with Gasteiger partial charge < -0.3 is 19.4 Å². The van der Waals surface area contributed by atoms with Gasteiger partial charge in [0.25, 0.3) is 5.91 Å². The predicted octanol–water partition coefficient (Wildman–Crippen LogP) is 3.59. The predicted molar refractivity (Wildman–Crippen MR) is 123 cm³/mol. The molecular weight excluding hydrogens is 418 g/mol. The van der Waals surface area contributed by atoms with Crippen molar-refractivity contribution in [3.8, 4) is 5.75 Å². The fourth-order valence-electron chi connectivity index (χ4n) is 3.71. The lowest BCUT2D eigenvalue weighted by molar-refractivity contribution is -0.120. The number of amides is 2. The molecule has 0 radical (unpaired) electrons. The SMILES string of the molecule is COc1ccc(C(=O)N(CC(=O)NCC2CCN(C(C)C)CC2)c2ccoc2)cc1.Cl. The van der Waals surface area contributed by atoms with E-state index in [-0.39, 0.29) is 30.8 Å². The molecule has 2 amide bonds. The quantitative estimate of drug-likeness (QED) is 0.666. The number of furan rings is 1. The van der Waals surface area contributed by atoms with Crippen LogP contribution in [0, 0.1) is 5.92 Å². The monoisotopic (exact) mass is 449 g/mol. The molecule has 1 aromatic heterocycles. The van der Waals surface area contributed by atoms with Crippen LogP contribution in [-0.2, 0) is 4.79 Å². The van der Waals surface area contributed by atoms with E-state index in [1.54, 1.807) is 37.4 Å². The maximum Gasteiger partial charge on any atom is 0.258 e. The second kappa shape index (κ2) is 11.8. The first kappa shape index (κ1) is 24.8. The van der Waals surface area contributed by atoms with Crippen LogP contribution in [-0.4, -0.2) is 56.0 Å². The molecule has 0 spiro atoms. The molecule has 8 heteroatoms. The number of nitrogens with zero attached hydrogens (tertiary/aromatic N) is 2. The van der Waals surface area contributed by atoms with Gasteiger partial charge in [-0.2, -0.15) is 0 Å². The summed E-state index contributed by atoms with van der Waals surface area (Å²) in [5, 5.41) is 3.01. The minimum absolute atomic E-state index is 0. The highest BCUT2D eigenvalue weighted by molar-refractivity contribution is 6.08. The lowest BCUT2D eigenvalue weighted by atomic mass is 9.96. The Kier molecular flexibility index (Phi) is 9.40. The number of hydrogen-bond donors (Lipinski definition) is 1. The van der Waals surface area contributed by atoms with Crippen LogP contribution in [0.1, 0.15) is 37.0 Å².